The molecule has 2 amide bonds. The smallest absolute Gasteiger partial charge is 0.279 e. The average molecular weight is 353 g/mol. The number of piperazine rings is 1. The lowest BCUT2D eigenvalue weighted by molar-refractivity contribution is -0.895. The normalized spacial score (nSPS) is 14.9. The van der Waals surface area contributed by atoms with E-state index < -0.39 is 0 Å². The number of nitrogens with one attached hydrogen (secondary N) is 2. The first-order valence-electron chi connectivity index (χ1n) is 8.94. The first-order valence-corrected chi connectivity index (χ1v) is 8.94. The highest BCUT2D eigenvalue weighted by molar-refractivity contribution is 5.93. The number of carbonyl (C=O) groups is 2. The largest absolute Gasteiger partial charge is 0.326 e. The minimum atomic E-state index is -0.0374. The molecule has 0 atom stereocenters. The molecule has 0 bridgehead atoms. The maximum Gasteiger partial charge on any atom is 0.279 e. The second-order valence-electron chi connectivity index (χ2n) is 6.75. The Morgan fingerprint density at radius 1 is 1.08 bits per heavy atom. The molecule has 3 rings (SSSR count). The van der Waals surface area contributed by atoms with Crippen LogP contribution in [0.4, 0.5) is 5.69 Å². The number of benzene rings is 1. The van der Waals surface area contributed by atoms with Crippen LogP contribution >= 0.6 is 0 Å². The second-order valence-corrected chi connectivity index (χ2v) is 6.75. The Morgan fingerprint density at radius 3 is 2.38 bits per heavy atom. The summed E-state index contributed by atoms with van der Waals surface area (Å²) in [6.07, 6.45) is 1.63. The number of aromatic nitrogens is 1. The summed E-state index contributed by atoms with van der Waals surface area (Å²) in [5.74, 6) is -0.0217. The SMILES string of the molecule is Cc1cccc(C)c1NC(=O)C[NH+]1CCN(C(=O)c2ccccn2)CC1. The van der Waals surface area contributed by atoms with Crippen molar-refractivity contribution in [2.75, 3.05) is 38.0 Å². The van der Waals surface area contributed by atoms with E-state index >= 15 is 0 Å². The minimum Gasteiger partial charge on any atom is -0.326 e. The van der Waals surface area contributed by atoms with Crippen LogP contribution in [0, 0.1) is 13.8 Å². The molecule has 6 heteroatoms. The molecule has 1 fully saturated rings. The Bertz CT molecular complexity index is 763. The van der Waals surface area contributed by atoms with Crippen molar-refractivity contribution in [1.82, 2.24) is 9.88 Å². The van der Waals surface area contributed by atoms with Crippen LogP contribution < -0.4 is 10.2 Å². The molecule has 0 radical (unpaired) electrons. The van der Waals surface area contributed by atoms with Crippen LogP contribution in [0.25, 0.3) is 0 Å². The fourth-order valence-corrected chi connectivity index (χ4v) is 3.28. The van der Waals surface area contributed by atoms with Crippen LogP contribution in [0.2, 0.25) is 0 Å². The van der Waals surface area contributed by atoms with Crippen molar-refractivity contribution in [3.05, 3.63) is 59.4 Å². The predicted molar refractivity (Wildman–Crippen MR) is 100 cm³/mol. The van der Waals surface area contributed by atoms with Gasteiger partial charge in [0.25, 0.3) is 11.8 Å². The van der Waals surface area contributed by atoms with E-state index in [4.69, 9.17) is 0 Å². The molecular formula is C20H25N4O2+. The standard InChI is InChI=1S/C20H24N4O2/c1-15-6-5-7-16(2)19(15)22-18(25)14-23-10-12-24(13-11-23)20(26)17-8-3-4-9-21-17/h3-9H,10-14H2,1-2H3,(H,22,25)/p+1. The third-order valence-electron chi connectivity index (χ3n) is 4.80. The molecule has 2 heterocycles. The van der Waals surface area contributed by atoms with Gasteiger partial charge in [0.1, 0.15) is 5.69 Å². The van der Waals surface area contributed by atoms with Gasteiger partial charge in [-0.05, 0) is 37.1 Å². The molecule has 0 saturated carbocycles. The number of carbonyl (C=O) groups excluding carboxylic acids is 2. The number of nitrogens with zero attached hydrogens (tertiary/aromatic N) is 2. The van der Waals surface area contributed by atoms with Crippen molar-refractivity contribution in [3.63, 3.8) is 0 Å². The monoisotopic (exact) mass is 353 g/mol. The van der Waals surface area contributed by atoms with Crippen LogP contribution in [0.3, 0.4) is 0 Å². The Balaban J connectivity index is 1.51. The maximum absolute atomic E-state index is 12.4. The quantitative estimate of drug-likeness (QED) is 0.849. The van der Waals surface area contributed by atoms with E-state index in [0.29, 0.717) is 25.3 Å². The summed E-state index contributed by atoms with van der Waals surface area (Å²) in [7, 11) is 0. The van der Waals surface area contributed by atoms with E-state index in [1.807, 2.05) is 43.0 Å². The van der Waals surface area contributed by atoms with Gasteiger partial charge in [-0.25, -0.2) is 0 Å². The Kier molecular flexibility index (Phi) is 5.63. The lowest BCUT2D eigenvalue weighted by Gasteiger charge is -2.31. The van der Waals surface area contributed by atoms with Crippen molar-refractivity contribution >= 4 is 17.5 Å². The first kappa shape index (κ1) is 18.1. The van der Waals surface area contributed by atoms with E-state index in [9.17, 15) is 9.59 Å². The number of hydrogen-bond donors (Lipinski definition) is 2. The number of rotatable bonds is 4. The molecule has 2 aromatic rings. The van der Waals surface area contributed by atoms with Gasteiger partial charge in [-0.2, -0.15) is 0 Å². The number of anilines is 1. The average Bonchev–Trinajstić information content (AvgIpc) is 2.66. The van der Waals surface area contributed by atoms with Crippen molar-refractivity contribution in [3.8, 4) is 0 Å². The summed E-state index contributed by atoms with van der Waals surface area (Å²) in [6, 6.07) is 11.3. The van der Waals surface area contributed by atoms with Gasteiger partial charge in [-0.15, -0.1) is 0 Å². The molecule has 1 aliphatic rings. The lowest BCUT2D eigenvalue weighted by atomic mass is 10.1. The van der Waals surface area contributed by atoms with E-state index in [1.165, 1.54) is 4.90 Å². The van der Waals surface area contributed by atoms with Crippen LogP contribution in [0.1, 0.15) is 21.6 Å². The minimum absolute atomic E-state index is 0.0157. The highest BCUT2D eigenvalue weighted by Crippen LogP contribution is 2.18. The summed E-state index contributed by atoms with van der Waals surface area (Å²) in [5.41, 5.74) is 3.52. The van der Waals surface area contributed by atoms with E-state index in [1.54, 1.807) is 18.3 Å². The van der Waals surface area contributed by atoms with Crippen molar-refractivity contribution in [2.45, 2.75) is 13.8 Å². The number of para-hydroxylation sites is 1. The fourth-order valence-electron chi connectivity index (χ4n) is 3.28. The fraction of sp³-hybridized carbons (Fsp3) is 0.350. The van der Waals surface area contributed by atoms with Gasteiger partial charge in [0, 0.05) is 11.9 Å². The van der Waals surface area contributed by atoms with Crippen molar-refractivity contribution < 1.29 is 14.5 Å². The molecule has 1 aromatic carbocycles. The third kappa shape index (κ3) is 4.26. The zero-order valence-corrected chi connectivity index (χ0v) is 15.3. The Labute approximate surface area is 153 Å². The zero-order valence-electron chi connectivity index (χ0n) is 15.3. The molecular weight excluding hydrogens is 328 g/mol. The number of quaternary nitrogens is 1. The predicted octanol–water partition coefficient (Wildman–Crippen LogP) is 0.678. The van der Waals surface area contributed by atoms with Crippen LogP contribution in [0.5, 0.6) is 0 Å². The molecule has 6 nitrogen and oxygen atoms in total. The van der Waals surface area contributed by atoms with Gasteiger partial charge in [-0.1, -0.05) is 24.3 Å². The van der Waals surface area contributed by atoms with Crippen LogP contribution in [0.15, 0.2) is 42.6 Å². The molecule has 2 N–H and O–H groups in total. The summed E-state index contributed by atoms with van der Waals surface area (Å²) in [5, 5.41) is 3.04. The molecule has 0 spiro atoms. The van der Waals surface area contributed by atoms with Gasteiger partial charge in [-0.3, -0.25) is 14.6 Å². The summed E-state index contributed by atoms with van der Waals surface area (Å²) in [6.45, 7) is 7.22. The van der Waals surface area contributed by atoms with Gasteiger partial charge < -0.3 is 15.1 Å². The Morgan fingerprint density at radius 2 is 1.77 bits per heavy atom. The highest BCUT2D eigenvalue weighted by Gasteiger charge is 2.26. The lowest BCUT2D eigenvalue weighted by Crippen LogP contribution is -3.15. The topological polar surface area (TPSA) is 66.7 Å². The molecule has 1 saturated heterocycles. The maximum atomic E-state index is 12.4. The summed E-state index contributed by atoms with van der Waals surface area (Å²) >= 11 is 0. The van der Waals surface area contributed by atoms with Gasteiger partial charge in [0.15, 0.2) is 6.54 Å². The van der Waals surface area contributed by atoms with Gasteiger partial charge in [0.2, 0.25) is 0 Å². The Hall–Kier alpha value is -2.73. The molecule has 1 aromatic heterocycles. The number of amides is 2. The number of pyridine rings is 1. The van der Waals surface area contributed by atoms with Crippen molar-refractivity contribution in [2.24, 2.45) is 0 Å². The number of aryl methyl sites for hydroxylation is 2. The third-order valence-corrected chi connectivity index (χ3v) is 4.80. The molecule has 136 valence electrons. The van der Waals surface area contributed by atoms with Crippen LogP contribution in [-0.4, -0.2) is 54.4 Å². The van der Waals surface area contributed by atoms with Crippen LogP contribution in [-0.2, 0) is 4.79 Å². The number of hydrogen-bond acceptors (Lipinski definition) is 3. The first-order chi connectivity index (χ1) is 12.5. The molecule has 26 heavy (non-hydrogen) atoms. The summed E-state index contributed by atoms with van der Waals surface area (Å²) in [4.78, 5) is 31.9. The molecule has 0 unspecified atom stereocenters. The second kappa shape index (κ2) is 8.10. The van der Waals surface area contributed by atoms with E-state index in [2.05, 4.69) is 10.3 Å². The summed E-state index contributed by atoms with van der Waals surface area (Å²) < 4.78 is 0. The zero-order chi connectivity index (χ0) is 18.5. The van der Waals surface area contributed by atoms with Gasteiger partial charge >= 0.3 is 0 Å². The van der Waals surface area contributed by atoms with Gasteiger partial charge in [0.05, 0.1) is 26.2 Å². The molecule has 1 aliphatic heterocycles. The highest BCUT2D eigenvalue weighted by atomic mass is 16.2. The molecule has 0 aliphatic carbocycles. The van der Waals surface area contributed by atoms with E-state index in [0.717, 1.165) is 29.9 Å². The van der Waals surface area contributed by atoms with Crippen molar-refractivity contribution in [1.29, 1.82) is 0 Å². The van der Waals surface area contributed by atoms with E-state index in [-0.39, 0.29) is 11.8 Å².